The van der Waals surface area contributed by atoms with Gasteiger partial charge in [-0.1, -0.05) is 86.6 Å². The van der Waals surface area contributed by atoms with Crippen LogP contribution in [0.3, 0.4) is 0 Å². The van der Waals surface area contributed by atoms with E-state index < -0.39 is 60.2 Å². The van der Waals surface area contributed by atoms with Gasteiger partial charge in [-0.15, -0.1) is 0 Å². The Morgan fingerprint density at radius 1 is 0.727 bits per heavy atom. The molecule has 0 fully saturated rings. The Morgan fingerprint density at radius 3 is 2.00 bits per heavy atom. The van der Waals surface area contributed by atoms with Gasteiger partial charge < -0.3 is 32.1 Å². The smallest absolute Gasteiger partial charge is 0.405 e. The summed E-state index contributed by atoms with van der Waals surface area (Å²) in [6.07, 6.45) is -1.18. The van der Waals surface area contributed by atoms with Gasteiger partial charge in [0.15, 0.2) is 0 Å². The maximum atomic E-state index is 13.2. The van der Waals surface area contributed by atoms with Crippen molar-refractivity contribution in [2.75, 3.05) is 6.54 Å². The fourth-order valence-electron chi connectivity index (χ4n) is 4.66. The molecule has 3 unspecified atom stereocenters. The highest BCUT2D eigenvalue weighted by molar-refractivity contribution is 6.38. The van der Waals surface area contributed by atoms with Crippen LogP contribution in [-0.4, -0.2) is 65.3 Å². The van der Waals surface area contributed by atoms with E-state index in [9.17, 15) is 28.8 Å². The van der Waals surface area contributed by atoms with Gasteiger partial charge in [-0.25, -0.2) is 4.79 Å². The first kappa shape index (κ1) is 33.2. The maximum absolute atomic E-state index is 13.2. The number of fused-ring (bicyclic) bond motifs is 1. The van der Waals surface area contributed by atoms with E-state index in [2.05, 4.69) is 21.3 Å². The van der Waals surface area contributed by atoms with Crippen LogP contribution in [0.15, 0.2) is 72.8 Å². The average molecular weight is 604 g/mol. The second-order valence-electron chi connectivity index (χ2n) is 10.8. The van der Waals surface area contributed by atoms with Gasteiger partial charge in [0.05, 0.1) is 6.54 Å². The number of rotatable bonds is 15. The van der Waals surface area contributed by atoms with Crippen LogP contribution in [0.1, 0.15) is 31.4 Å². The normalized spacial score (nSPS) is 12.9. The number of hydrogen-bond donors (Lipinski definition) is 6. The van der Waals surface area contributed by atoms with Crippen molar-refractivity contribution in [3.63, 3.8) is 0 Å². The number of nitrogens with one attached hydrogen (secondary N) is 4. The molecule has 0 aliphatic rings. The molecule has 44 heavy (non-hydrogen) atoms. The molecule has 7 N–H and O–H groups in total. The average Bonchev–Trinajstić information content (AvgIpc) is 2.98. The monoisotopic (exact) mass is 603 g/mol. The lowest BCUT2D eigenvalue weighted by molar-refractivity contribution is -0.140. The molecule has 0 saturated heterocycles. The molecular formula is C32H37N5O7. The number of amides is 5. The molecule has 3 aromatic rings. The minimum Gasteiger partial charge on any atom is -0.465 e. The van der Waals surface area contributed by atoms with E-state index in [1.165, 1.54) is 0 Å². The minimum absolute atomic E-state index is 0.0480. The van der Waals surface area contributed by atoms with Crippen LogP contribution in [0.2, 0.25) is 0 Å². The van der Waals surface area contributed by atoms with Crippen LogP contribution < -0.4 is 27.0 Å². The number of carbonyl (C=O) groups excluding carboxylic acids is 5. The third-order valence-electron chi connectivity index (χ3n) is 6.80. The Balaban J connectivity index is 1.65. The van der Waals surface area contributed by atoms with Crippen LogP contribution in [0.25, 0.3) is 10.8 Å². The van der Waals surface area contributed by atoms with Crippen molar-refractivity contribution in [3.8, 4) is 0 Å². The van der Waals surface area contributed by atoms with E-state index in [1.54, 1.807) is 44.2 Å². The molecule has 232 valence electrons. The van der Waals surface area contributed by atoms with Crippen molar-refractivity contribution in [2.24, 2.45) is 11.7 Å². The Bertz CT molecular complexity index is 1510. The molecule has 3 atom stereocenters. The first-order chi connectivity index (χ1) is 20.9. The summed E-state index contributed by atoms with van der Waals surface area (Å²) in [5, 5.41) is 20.5. The van der Waals surface area contributed by atoms with Gasteiger partial charge in [-0.05, 0) is 34.2 Å². The highest BCUT2D eigenvalue weighted by Gasteiger charge is 2.31. The fourth-order valence-corrected chi connectivity index (χ4v) is 4.66. The fraction of sp³-hybridized carbons (Fsp3) is 0.312. The summed E-state index contributed by atoms with van der Waals surface area (Å²) in [5.41, 5.74) is 6.92. The lowest BCUT2D eigenvalue weighted by Crippen LogP contribution is -2.55. The summed E-state index contributed by atoms with van der Waals surface area (Å²) in [6.45, 7) is 2.98. The van der Waals surface area contributed by atoms with Gasteiger partial charge in [0.2, 0.25) is 23.5 Å². The summed E-state index contributed by atoms with van der Waals surface area (Å²) in [6, 6.07) is 18.3. The van der Waals surface area contributed by atoms with Crippen molar-refractivity contribution < 1.29 is 33.9 Å². The van der Waals surface area contributed by atoms with Gasteiger partial charge in [0.25, 0.3) is 5.91 Å². The molecule has 0 aromatic heterocycles. The van der Waals surface area contributed by atoms with Crippen LogP contribution in [0.4, 0.5) is 4.79 Å². The summed E-state index contributed by atoms with van der Waals surface area (Å²) in [7, 11) is 0. The standard InChI is InChI=1S/C32H37N5O7/c1-19(2)14-26(37-32(43)44)30(41)36-24(16-20-8-4-3-5-9-20)28(39)31(42)34-18-27(38)35-25(29(33)40)17-21-12-13-22-10-6-7-11-23(22)15-21/h3-13,15,19,24-26,37H,14,16-18H2,1-2H3,(H2,33,40)(H,34,42)(H,35,38)(H,36,41)(H,43,44). The Kier molecular flexibility index (Phi) is 12.0. The molecule has 3 rings (SSSR count). The number of primary amides is 1. The van der Waals surface area contributed by atoms with Gasteiger partial charge >= 0.3 is 6.09 Å². The molecule has 0 bridgehead atoms. The predicted molar refractivity (Wildman–Crippen MR) is 163 cm³/mol. The zero-order valence-corrected chi connectivity index (χ0v) is 24.5. The molecule has 0 spiro atoms. The molecule has 0 heterocycles. The second-order valence-corrected chi connectivity index (χ2v) is 10.8. The van der Waals surface area contributed by atoms with Crippen molar-refractivity contribution in [1.29, 1.82) is 0 Å². The van der Waals surface area contributed by atoms with Crippen LogP contribution in [-0.2, 0) is 36.8 Å². The second kappa shape index (κ2) is 15.8. The van der Waals surface area contributed by atoms with E-state index in [-0.39, 0.29) is 25.2 Å². The molecule has 0 radical (unpaired) electrons. The zero-order valence-electron chi connectivity index (χ0n) is 24.5. The number of hydrogen-bond acceptors (Lipinski definition) is 6. The molecule has 3 aromatic carbocycles. The summed E-state index contributed by atoms with van der Waals surface area (Å²) in [4.78, 5) is 75.0. The predicted octanol–water partition coefficient (Wildman–Crippen LogP) is 1.45. The Hall–Kier alpha value is -5.26. The third-order valence-corrected chi connectivity index (χ3v) is 6.80. The Labute approximate surface area is 254 Å². The van der Waals surface area contributed by atoms with Crippen molar-refractivity contribution in [1.82, 2.24) is 21.3 Å². The number of carboxylic acid groups (broad SMARTS) is 1. The van der Waals surface area contributed by atoms with E-state index in [0.717, 1.165) is 16.3 Å². The van der Waals surface area contributed by atoms with E-state index in [0.29, 0.717) is 5.56 Å². The Morgan fingerprint density at radius 2 is 1.36 bits per heavy atom. The number of carbonyl (C=O) groups is 6. The molecule has 12 nitrogen and oxygen atoms in total. The number of ketones is 1. The van der Waals surface area contributed by atoms with Crippen molar-refractivity contribution in [3.05, 3.63) is 83.9 Å². The molecular weight excluding hydrogens is 566 g/mol. The topological polar surface area (TPSA) is 197 Å². The molecule has 5 amide bonds. The van der Waals surface area contributed by atoms with Crippen LogP contribution in [0.5, 0.6) is 0 Å². The number of Topliss-reactive ketones (excluding diaryl/α,β-unsaturated/α-hetero) is 1. The lowest BCUT2D eigenvalue weighted by Gasteiger charge is -2.23. The van der Waals surface area contributed by atoms with Crippen molar-refractivity contribution in [2.45, 2.75) is 51.2 Å². The van der Waals surface area contributed by atoms with E-state index in [4.69, 9.17) is 10.8 Å². The first-order valence-corrected chi connectivity index (χ1v) is 14.1. The van der Waals surface area contributed by atoms with E-state index >= 15 is 0 Å². The highest BCUT2D eigenvalue weighted by atomic mass is 16.4. The van der Waals surface area contributed by atoms with Gasteiger partial charge in [0, 0.05) is 12.8 Å². The minimum atomic E-state index is -1.41. The maximum Gasteiger partial charge on any atom is 0.405 e. The van der Waals surface area contributed by atoms with Gasteiger partial charge in [-0.3, -0.25) is 24.0 Å². The number of nitrogens with two attached hydrogens (primary N) is 1. The quantitative estimate of drug-likeness (QED) is 0.141. The largest absolute Gasteiger partial charge is 0.465 e. The lowest BCUT2D eigenvalue weighted by atomic mass is 9.99. The molecule has 0 aliphatic heterocycles. The SMILES string of the molecule is CC(C)CC(NC(=O)O)C(=O)NC(Cc1ccccc1)C(=O)C(=O)NCC(=O)NC(Cc1ccc2ccccc2c1)C(N)=O. The van der Waals surface area contributed by atoms with Gasteiger partial charge in [0.1, 0.15) is 18.1 Å². The van der Waals surface area contributed by atoms with Crippen LogP contribution >= 0.6 is 0 Å². The highest BCUT2D eigenvalue weighted by Crippen LogP contribution is 2.17. The molecule has 12 heteroatoms. The first-order valence-electron chi connectivity index (χ1n) is 14.1. The number of benzene rings is 3. The van der Waals surface area contributed by atoms with E-state index in [1.807, 2.05) is 42.5 Å². The summed E-state index contributed by atoms with van der Waals surface area (Å²) < 4.78 is 0. The molecule has 0 aliphatic carbocycles. The van der Waals surface area contributed by atoms with Gasteiger partial charge in [-0.2, -0.15) is 0 Å². The van der Waals surface area contributed by atoms with Crippen LogP contribution in [0, 0.1) is 5.92 Å². The summed E-state index contributed by atoms with van der Waals surface area (Å²) >= 11 is 0. The third kappa shape index (κ3) is 10.2. The molecule has 0 saturated carbocycles. The summed E-state index contributed by atoms with van der Waals surface area (Å²) in [5.74, 6) is -4.51. The van der Waals surface area contributed by atoms with Crippen molar-refractivity contribution >= 4 is 46.3 Å². The zero-order chi connectivity index (χ0) is 32.2.